The van der Waals surface area contributed by atoms with E-state index < -0.39 is 11.4 Å². The predicted octanol–water partition coefficient (Wildman–Crippen LogP) is 3.64. The van der Waals surface area contributed by atoms with Crippen LogP contribution in [0.25, 0.3) is 0 Å². The second kappa shape index (κ2) is 7.11. The van der Waals surface area contributed by atoms with Crippen molar-refractivity contribution in [3.05, 3.63) is 64.2 Å². The maximum absolute atomic E-state index is 12.5. The highest BCUT2D eigenvalue weighted by Crippen LogP contribution is 2.50. The van der Waals surface area contributed by atoms with Crippen LogP contribution in [0, 0.1) is 0 Å². The lowest BCUT2D eigenvalue weighted by molar-refractivity contribution is -0.255. The first kappa shape index (κ1) is 21.4. The Morgan fingerprint density at radius 3 is 2.26 bits per heavy atom. The van der Waals surface area contributed by atoms with Crippen LogP contribution in [0.1, 0.15) is 79.6 Å². The molecule has 0 spiro atoms. The molecular weight excluding hydrogens is 392 g/mol. The van der Waals surface area contributed by atoms with Crippen LogP contribution in [0.4, 0.5) is 0 Å². The summed E-state index contributed by atoms with van der Waals surface area (Å²) in [7, 11) is 1.38. The minimum absolute atomic E-state index is 0.0223. The number of aromatic carboxylic acids is 1. The fourth-order valence-corrected chi connectivity index (χ4v) is 5.13. The zero-order valence-electron chi connectivity index (χ0n) is 18.8. The molecule has 0 N–H and O–H groups in total. The Kier molecular flexibility index (Phi) is 4.91. The van der Waals surface area contributed by atoms with Crippen molar-refractivity contribution in [1.29, 1.82) is 0 Å². The third kappa shape index (κ3) is 3.40. The molecule has 0 fully saturated rings. The van der Waals surface area contributed by atoms with Gasteiger partial charge in [-0.25, -0.2) is 0 Å². The van der Waals surface area contributed by atoms with Crippen LogP contribution in [0.5, 0.6) is 5.75 Å². The third-order valence-corrected chi connectivity index (χ3v) is 7.29. The molecule has 5 nitrogen and oxygen atoms in total. The van der Waals surface area contributed by atoms with E-state index in [4.69, 9.17) is 9.47 Å². The molecule has 1 unspecified atom stereocenters. The summed E-state index contributed by atoms with van der Waals surface area (Å²) < 4.78 is 11.0. The summed E-state index contributed by atoms with van der Waals surface area (Å²) in [4.78, 5) is 23.8. The highest BCUT2D eigenvalue weighted by atomic mass is 16.5. The first-order valence-corrected chi connectivity index (χ1v) is 10.7. The Morgan fingerprint density at radius 2 is 1.61 bits per heavy atom. The van der Waals surface area contributed by atoms with Gasteiger partial charge in [-0.15, -0.1) is 0 Å². The topological polar surface area (TPSA) is 75.7 Å². The molecular formula is C26H29O5-. The smallest absolute Gasteiger partial charge is 0.306 e. The first-order valence-electron chi connectivity index (χ1n) is 10.7. The van der Waals surface area contributed by atoms with E-state index >= 15 is 0 Å². The number of carbonyl (C=O) groups excluding carboxylic acids is 2. The second-order valence-corrected chi connectivity index (χ2v) is 10.2. The largest absolute Gasteiger partial charge is 0.545 e. The quantitative estimate of drug-likeness (QED) is 0.705. The number of esters is 1. The summed E-state index contributed by atoms with van der Waals surface area (Å²) in [5, 5.41) is 11.3. The van der Waals surface area contributed by atoms with Crippen LogP contribution in [0.2, 0.25) is 0 Å². The van der Waals surface area contributed by atoms with Crippen molar-refractivity contribution in [3.8, 4) is 5.75 Å². The van der Waals surface area contributed by atoms with Crippen LogP contribution in [0.3, 0.4) is 0 Å². The summed E-state index contributed by atoms with van der Waals surface area (Å²) in [5.41, 5.74) is 3.86. The lowest BCUT2D eigenvalue weighted by Gasteiger charge is -2.43. The molecule has 1 atom stereocenters. The first-order chi connectivity index (χ1) is 14.5. The van der Waals surface area contributed by atoms with Crippen molar-refractivity contribution < 1.29 is 24.2 Å². The van der Waals surface area contributed by atoms with Gasteiger partial charge in [0, 0.05) is 11.1 Å². The number of benzene rings is 2. The summed E-state index contributed by atoms with van der Waals surface area (Å²) in [6.45, 7) is 9.34. The van der Waals surface area contributed by atoms with Gasteiger partial charge < -0.3 is 19.4 Å². The Labute approximate surface area is 183 Å². The van der Waals surface area contributed by atoms with Crippen molar-refractivity contribution >= 4 is 11.9 Å². The van der Waals surface area contributed by atoms with E-state index in [1.807, 2.05) is 0 Å². The Bertz CT molecular complexity index is 1070. The molecule has 0 bridgehead atoms. The maximum Gasteiger partial charge on any atom is 0.306 e. The molecule has 164 valence electrons. The van der Waals surface area contributed by atoms with Gasteiger partial charge in [0.1, 0.15) is 12.4 Å². The van der Waals surface area contributed by atoms with Gasteiger partial charge in [-0.05, 0) is 46.4 Å². The van der Waals surface area contributed by atoms with Gasteiger partial charge in [0.25, 0.3) is 0 Å². The van der Waals surface area contributed by atoms with Crippen molar-refractivity contribution in [3.63, 3.8) is 0 Å². The number of rotatable bonds is 4. The van der Waals surface area contributed by atoms with E-state index in [-0.39, 0.29) is 35.4 Å². The van der Waals surface area contributed by atoms with Crippen molar-refractivity contribution in [2.45, 2.75) is 63.2 Å². The Morgan fingerprint density at radius 1 is 0.968 bits per heavy atom. The lowest BCUT2D eigenvalue weighted by Crippen LogP contribution is -2.37. The van der Waals surface area contributed by atoms with Crippen molar-refractivity contribution in [2.24, 2.45) is 0 Å². The molecule has 2 aromatic rings. The minimum Gasteiger partial charge on any atom is -0.545 e. The monoisotopic (exact) mass is 421 g/mol. The average Bonchev–Trinajstić information content (AvgIpc) is 3.10. The Balaban J connectivity index is 1.91. The number of carboxylic acid groups (broad SMARTS) is 1. The predicted molar refractivity (Wildman–Crippen MR) is 115 cm³/mol. The van der Waals surface area contributed by atoms with E-state index in [0.29, 0.717) is 5.75 Å². The highest BCUT2D eigenvalue weighted by molar-refractivity contribution is 5.87. The van der Waals surface area contributed by atoms with Gasteiger partial charge in [-0.1, -0.05) is 58.0 Å². The van der Waals surface area contributed by atoms with Gasteiger partial charge in [0.15, 0.2) is 0 Å². The molecule has 31 heavy (non-hydrogen) atoms. The number of fused-ring (bicyclic) bond motifs is 2. The SMILES string of the molecule is COC(=O)CC1(c2ccc3c(c2)C(C)(C)CCC3(C)C)COc2cc(C(=O)[O-])ccc21. The van der Waals surface area contributed by atoms with Gasteiger partial charge in [0.05, 0.1) is 24.9 Å². The fourth-order valence-electron chi connectivity index (χ4n) is 5.13. The zero-order chi connectivity index (χ0) is 22.6. The minimum atomic E-state index is -1.25. The van der Waals surface area contributed by atoms with Gasteiger partial charge in [-0.2, -0.15) is 0 Å². The molecule has 1 heterocycles. The molecule has 2 aromatic carbocycles. The molecule has 5 heteroatoms. The molecule has 4 rings (SSSR count). The summed E-state index contributed by atoms with van der Waals surface area (Å²) in [6, 6.07) is 11.2. The number of carboxylic acids is 1. The van der Waals surface area contributed by atoms with Gasteiger partial charge >= 0.3 is 5.97 Å². The summed E-state index contributed by atoms with van der Waals surface area (Å²) in [5.74, 6) is -1.12. The molecule has 0 radical (unpaired) electrons. The van der Waals surface area contributed by atoms with E-state index in [0.717, 1.165) is 24.0 Å². The van der Waals surface area contributed by atoms with Crippen LogP contribution in [-0.2, 0) is 25.8 Å². The molecule has 0 amide bonds. The van der Waals surface area contributed by atoms with E-state index in [9.17, 15) is 14.7 Å². The van der Waals surface area contributed by atoms with Crippen molar-refractivity contribution in [1.82, 2.24) is 0 Å². The molecule has 1 aliphatic carbocycles. The number of methoxy groups -OCH3 is 1. The van der Waals surface area contributed by atoms with Crippen LogP contribution in [-0.4, -0.2) is 25.7 Å². The molecule has 1 aliphatic heterocycles. The Hall–Kier alpha value is -2.82. The number of hydrogen-bond acceptors (Lipinski definition) is 5. The molecule has 2 aliphatic rings. The van der Waals surface area contributed by atoms with Gasteiger partial charge in [0.2, 0.25) is 0 Å². The number of hydrogen-bond donors (Lipinski definition) is 0. The van der Waals surface area contributed by atoms with Crippen LogP contribution in [0.15, 0.2) is 36.4 Å². The molecule has 0 aromatic heterocycles. The van der Waals surface area contributed by atoms with Crippen LogP contribution >= 0.6 is 0 Å². The third-order valence-electron chi connectivity index (χ3n) is 7.29. The standard InChI is InChI=1S/C26H30O5/c1-24(2)10-11-25(3,4)20-13-17(7-9-18(20)24)26(14-22(27)30-5)15-31-21-12-16(23(28)29)6-8-19(21)26/h6-9,12-13H,10-11,14-15H2,1-5H3,(H,28,29)/p-1. The van der Waals surface area contributed by atoms with Crippen molar-refractivity contribution in [2.75, 3.05) is 13.7 Å². The van der Waals surface area contributed by atoms with Crippen LogP contribution < -0.4 is 9.84 Å². The van der Waals surface area contributed by atoms with E-state index in [1.54, 1.807) is 6.07 Å². The summed E-state index contributed by atoms with van der Waals surface area (Å²) in [6.07, 6.45) is 2.32. The normalized spacial score (nSPS) is 22.7. The maximum atomic E-state index is 12.5. The summed E-state index contributed by atoms with van der Waals surface area (Å²) >= 11 is 0. The van der Waals surface area contributed by atoms with Gasteiger partial charge in [-0.3, -0.25) is 4.79 Å². The number of carbonyl (C=O) groups is 2. The molecule has 0 saturated carbocycles. The number of ether oxygens (including phenoxy) is 2. The fraction of sp³-hybridized carbons (Fsp3) is 0.462. The highest BCUT2D eigenvalue weighted by Gasteiger charge is 2.46. The molecule has 0 saturated heterocycles. The zero-order valence-corrected chi connectivity index (χ0v) is 18.8. The van der Waals surface area contributed by atoms with E-state index in [1.165, 1.54) is 30.4 Å². The average molecular weight is 422 g/mol. The lowest BCUT2D eigenvalue weighted by atomic mass is 9.61. The second-order valence-electron chi connectivity index (χ2n) is 10.2. The van der Waals surface area contributed by atoms with E-state index in [2.05, 4.69) is 45.9 Å².